The van der Waals surface area contributed by atoms with E-state index in [0.29, 0.717) is 0 Å². The summed E-state index contributed by atoms with van der Waals surface area (Å²) in [7, 11) is 1.65. The fourth-order valence-electron chi connectivity index (χ4n) is 3.36. The van der Waals surface area contributed by atoms with E-state index in [2.05, 4.69) is 15.9 Å². The first-order valence-corrected chi connectivity index (χ1v) is 10.3. The number of hydrogen-bond acceptors (Lipinski definition) is 3. The van der Waals surface area contributed by atoms with Gasteiger partial charge >= 0.3 is 0 Å². The van der Waals surface area contributed by atoms with E-state index in [-0.39, 0.29) is 11.3 Å². The van der Waals surface area contributed by atoms with E-state index in [9.17, 15) is 4.79 Å². The topological polar surface area (TPSA) is 29.5 Å². The first-order chi connectivity index (χ1) is 12.7. The van der Waals surface area contributed by atoms with Crippen molar-refractivity contribution in [1.29, 1.82) is 0 Å². The van der Waals surface area contributed by atoms with Gasteiger partial charge in [0, 0.05) is 17.9 Å². The van der Waals surface area contributed by atoms with Crippen molar-refractivity contribution < 1.29 is 9.53 Å². The molecule has 1 saturated heterocycles. The Bertz CT molecular complexity index is 970. The molecule has 3 aromatic carbocycles. The monoisotopic (exact) mass is 427 g/mol. The van der Waals surface area contributed by atoms with Crippen molar-refractivity contribution >= 4 is 44.4 Å². The van der Waals surface area contributed by atoms with Gasteiger partial charge in [0.25, 0.3) is 5.91 Å². The predicted molar refractivity (Wildman–Crippen MR) is 111 cm³/mol. The molecule has 0 bridgehead atoms. The average molecular weight is 428 g/mol. The maximum Gasteiger partial charge on any atom is 0.255 e. The third-order valence-corrected chi connectivity index (χ3v) is 6.51. The van der Waals surface area contributed by atoms with Crippen LogP contribution in [0.25, 0.3) is 10.8 Å². The molecule has 0 radical (unpaired) electrons. The largest absolute Gasteiger partial charge is 0.496 e. The van der Waals surface area contributed by atoms with Crippen LogP contribution in [-0.4, -0.2) is 30.2 Å². The Hall–Kier alpha value is -1.98. The molecule has 0 aliphatic carbocycles. The molecule has 26 heavy (non-hydrogen) atoms. The Labute approximate surface area is 165 Å². The van der Waals surface area contributed by atoms with Crippen molar-refractivity contribution in [3.05, 3.63) is 76.3 Å². The van der Waals surface area contributed by atoms with E-state index < -0.39 is 0 Å². The third kappa shape index (κ3) is 3.10. The summed E-state index contributed by atoms with van der Waals surface area (Å²) in [5.74, 6) is 1.82. The van der Waals surface area contributed by atoms with E-state index in [0.717, 1.165) is 44.4 Å². The fraction of sp³-hybridized carbons (Fsp3) is 0.190. The Kier molecular flexibility index (Phi) is 4.92. The molecule has 3 nitrogen and oxygen atoms in total. The number of thioether (sulfide) groups is 1. The van der Waals surface area contributed by atoms with Crippen molar-refractivity contribution in [2.75, 3.05) is 19.4 Å². The maximum atomic E-state index is 13.3. The van der Waals surface area contributed by atoms with Gasteiger partial charge in [-0.2, -0.15) is 0 Å². The van der Waals surface area contributed by atoms with E-state index in [1.165, 1.54) is 0 Å². The molecule has 1 unspecified atom stereocenters. The van der Waals surface area contributed by atoms with Gasteiger partial charge in [0.05, 0.1) is 11.6 Å². The second-order valence-corrected chi connectivity index (χ2v) is 8.18. The van der Waals surface area contributed by atoms with Crippen molar-refractivity contribution in [1.82, 2.24) is 4.90 Å². The highest BCUT2D eigenvalue weighted by atomic mass is 79.9. The quantitative estimate of drug-likeness (QED) is 0.552. The number of methoxy groups -OCH3 is 1. The molecule has 1 amide bonds. The average Bonchev–Trinajstić information content (AvgIpc) is 3.16. The summed E-state index contributed by atoms with van der Waals surface area (Å²) in [5, 5.41) is 2.11. The summed E-state index contributed by atoms with van der Waals surface area (Å²) in [6.45, 7) is 0.751. The number of hydrogen-bond donors (Lipinski definition) is 0. The summed E-state index contributed by atoms with van der Waals surface area (Å²) in [4.78, 5) is 15.3. The lowest BCUT2D eigenvalue weighted by Gasteiger charge is -2.25. The Morgan fingerprint density at radius 2 is 1.96 bits per heavy atom. The number of benzene rings is 3. The number of amides is 1. The van der Waals surface area contributed by atoms with Crippen molar-refractivity contribution in [3.63, 3.8) is 0 Å². The second kappa shape index (κ2) is 7.33. The Balaban J connectivity index is 1.70. The van der Waals surface area contributed by atoms with E-state index in [1.807, 2.05) is 65.6 Å². The van der Waals surface area contributed by atoms with Crippen LogP contribution >= 0.6 is 27.7 Å². The smallest absolute Gasteiger partial charge is 0.255 e. The van der Waals surface area contributed by atoms with Crippen LogP contribution in [0.1, 0.15) is 21.3 Å². The predicted octanol–water partition coefficient (Wildman–Crippen LogP) is 5.50. The van der Waals surface area contributed by atoms with Crippen LogP contribution in [0.15, 0.2) is 65.1 Å². The van der Waals surface area contributed by atoms with Crippen LogP contribution in [0.2, 0.25) is 0 Å². The molecule has 1 aliphatic heterocycles. The minimum Gasteiger partial charge on any atom is -0.496 e. The minimum atomic E-state index is 0.0173. The lowest BCUT2D eigenvalue weighted by atomic mass is 10.0. The summed E-state index contributed by atoms with van der Waals surface area (Å²) in [6, 6.07) is 20.0. The SMILES string of the molecule is COc1ccc(C2SCCN2C(=O)c2cccc3ccccc23)cc1Br. The molecular weight excluding hydrogens is 410 g/mol. The van der Waals surface area contributed by atoms with Gasteiger partial charge in [-0.15, -0.1) is 11.8 Å². The van der Waals surface area contributed by atoms with Crippen molar-refractivity contribution in [2.24, 2.45) is 0 Å². The molecule has 1 atom stereocenters. The van der Waals surface area contributed by atoms with Crippen LogP contribution in [0, 0.1) is 0 Å². The lowest BCUT2D eigenvalue weighted by Crippen LogP contribution is -2.30. The van der Waals surface area contributed by atoms with Crippen LogP contribution < -0.4 is 4.74 Å². The number of fused-ring (bicyclic) bond motifs is 1. The lowest BCUT2D eigenvalue weighted by molar-refractivity contribution is 0.0762. The van der Waals surface area contributed by atoms with Gasteiger partial charge in [-0.05, 0) is 50.5 Å². The van der Waals surface area contributed by atoms with Gasteiger partial charge in [0.2, 0.25) is 0 Å². The van der Waals surface area contributed by atoms with E-state index in [1.54, 1.807) is 18.9 Å². The molecule has 0 aromatic heterocycles. The standard InChI is InChI=1S/C21H18BrNO2S/c1-25-19-10-9-15(13-18(19)22)21-23(11-12-26-21)20(24)17-8-4-6-14-5-2-3-7-16(14)17/h2-10,13,21H,11-12H2,1H3. The molecule has 0 spiro atoms. The zero-order valence-electron chi connectivity index (χ0n) is 14.3. The summed E-state index contributed by atoms with van der Waals surface area (Å²) >= 11 is 5.35. The number of nitrogens with zero attached hydrogens (tertiary/aromatic N) is 1. The summed E-state index contributed by atoms with van der Waals surface area (Å²) in [5.41, 5.74) is 1.87. The van der Waals surface area contributed by atoms with Gasteiger partial charge < -0.3 is 9.64 Å². The molecule has 1 heterocycles. The van der Waals surface area contributed by atoms with E-state index in [4.69, 9.17) is 4.74 Å². The van der Waals surface area contributed by atoms with Gasteiger partial charge in [0.1, 0.15) is 11.1 Å². The molecule has 1 fully saturated rings. The molecule has 0 N–H and O–H groups in total. The van der Waals surface area contributed by atoms with E-state index >= 15 is 0 Å². The zero-order valence-corrected chi connectivity index (χ0v) is 16.7. The van der Waals surface area contributed by atoms with Gasteiger partial charge in [-0.25, -0.2) is 0 Å². The van der Waals surface area contributed by atoms with Crippen LogP contribution in [-0.2, 0) is 0 Å². The second-order valence-electron chi connectivity index (χ2n) is 6.14. The number of ether oxygens (including phenoxy) is 1. The van der Waals surface area contributed by atoms with Crippen LogP contribution in [0.4, 0.5) is 0 Å². The highest BCUT2D eigenvalue weighted by Gasteiger charge is 2.32. The third-order valence-electron chi connectivity index (χ3n) is 4.63. The highest BCUT2D eigenvalue weighted by Crippen LogP contribution is 2.41. The number of rotatable bonds is 3. The van der Waals surface area contributed by atoms with Crippen molar-refractivity contribution in [3.8, 4) is 5.75 Å². The molecule has 0 saturated carbocycles. The zero-order chi connectivity index (χ0) is 18.1. The Morgan fingerprint density at radius 1 is 1.15 bits per heavy atom. The molecule has 1 aliphatic rings. The summed E-state index contributed by atoms with van der Waals surface area (Å²) < 4.78 is 6.23. The highest BCUT2D eigenvalue weighted by molar-refractivity contribution is 9.10. The molecule has 132 valence electrons. The van der Waals surface area contributed by atoms with Gasteiger partial charge in [-0.3, -0.25) is 4.79 Å². The first-order valence-electron chi connectivity index (χ1n) is 8.43. The van der Waals surface area contributed by atoms with Crippen LogP contribution in [0.5, 0.6) is 5.75 Å². The minimum absolute atomic E-state index is 0.0173. The number of carbonyl (C=O) groups excluding carboxylic acids is 1. The molecular formula is C21H18BrNO2S. The maximum absolute atomic E-state index is 13.3. The first kappa shape index (κ1) is 17.4. The van der Waals surface area contributed by atoms with Crippen LogP contribution in [0.3, 0.4) is 0 Å². The number of halogens is 1. The molecule has 3 aromatic rings. The normalized spacial score (nSPS) is 16.8. The fourth-order valence-corrected chi connectivity index (χ4v) is 5.16. The van der Waals surface area contributed by atoms with Crippen molar-refractivity contribution in [2.45, 2.75) is 5.37 Å². The summed E-state index contributed by atoms with van der Waals surface area (Å²) in [6.07, 6.45) is 0. The number of carbonyl (C=O) groups is 1. The Morgan fingerprint density at radius 3 is 2.77 bits per heavy atom. The molecule has 5 heteroatoms. The van der Waals surface area contributed by atoms with Gasteiger partial charge in [0.15, 0.2) is 0 Å². The van der Waals surface area contributed by atoms with Gasteiger partial charge in [-0.1, -0.05) is 42.5 Å². The molecule has 4 rings (SSSR count).